The van der Waals surface area contributed by atoms with Crippen LogP contribution in [0.2, 0.25) is 0 Å². The summed E-state index contributed by atoms with van der Waals surface area (Å²) in [5.74, 6) is 0.515. The third-order valence-electron chi connectivity index (χ3n) is 5.24. The van der Waals surface area contributed by atoms with Crippen molar-refractivity contribution >= 4 is 34.1 Å². The highest BCUT2D eigenvalue weighted by Crippen LogP contribution is 2.27. The van der Waals surface area contributed by atoms with Crippen LogP contribution in [0.4, 0.5) is 11.4 Å². The van der Waals surface area contributed by atoms with Crippen molar-refractivity contribution in [1.29, 1.82) is 0 Å². The Morgan fingerprint density at radius 3 is 2.60 bits per heavy atom. The fraction of sp³-hybridized carbons (Fsp3) is 0.125. The Labute approximate surface area is 173 Å². The number of anilines is 2. The number of carbonyl (C=O) groups is 2. The summed E-state index contributed by atoms with van der Waals surface area (Å²) >= 11 is 0. The van der Waals surface area contributed by atoms with Crippen molar-refractivity contribution < 1.29 is 14.0 Å². The number of para-hydroxylation sites is 1. The summed E-state index contributed by atoms with van der Waals surface area (Å²) in [4.78, 5) is 31.4. The molecule has 1 aliphatic heterocycles. The minimum absolute atomic E-state index is 0.139. The molecule has 1 saturated heterocycles. The lowest BCUT2D eigenvalue weighted by Gasteiger charge is -2.16. The fourth-order valence-electron chi connectivity index (χ4n) is 3.76. The van der Waals surface area contributed by atoms with Crippen LogP contribution < -0.4 is 10.2 Å². The van der Waals surface area contributed by atoms with Gasteiger partial charge < -0.3 is 14.6 Å². The SMILES string of the molecule is O=C(Nc1ccc(N2CCCC2=O)cc1)c1cc(-c2ccco2)nc2ccccc12. The van der Waals surface area contributed by atoms with Gasteiger partial charge in [0.15, 0.2) is 5.76 Å². The first-order chi connectivity index (χ1) is 14.7. The zero-order valence-electron chi connectivity index (χ0n) is 16.2. The second kappa shape index (κ2) is 7.48. The fourth-order valence-corrected chi connectivity index (χ4v) is 3.76. The number of nitrogens with one attached hydrogen (secondary N) is 1. The summed E-state index contributed by atoms with van der Waals surface area (Å²) in [7, 11) is 0. The lowest BCUT2D eigenvalue weighted by molar-refractivity contribution is -0.117. The highest BCUT2D eigenvalue weighted by molar-refractivity contribution is 6.13. The molecular formula is C24H19N3O3. The number of furan rings is 1. The molecule has 6 heteroatoms. The summed E-state index contributed by atoms with van der Waals surface area (Å²) in [6.45, 7) is 0.739. The molecule has 0 radical (unpaired) electrons. The molecule has 1 fully saturated rings. The van der Waals surface area contributed by atoms with Gasteiger partial charge in [0.2, 0.25) is 5.91 Å². The molecular weight excluding hydrogens is 378 g/mol. The van der Waals surface area contributed by atoms with Crippen molar-refractivity contribution in [2.45, 2.75) is 12.8 Å². The van der Waals surface area contributed by atoms with Crippen molar-refractivity contribution in [1.82, 2.24) is 4.98 Å². The van der Waals surface area contributed by atoms with E-state index in [-0.39, 0.29) is 11.8 Å². The van der Waals surface area contributed by atoms with Crippen LogP contribution in [0.15, 0.2) is 77.4 Å². The normalized spacial score (nSPS) is 13.7. The van der Waals surface area contributed by atoms with E-state index in [0.717, 1.165) is 29.6 Å². The third-order valence-corrected chi connectivity index (χ3v) is 5.24. The number of hydrogen-bond acceptors (Lipinski definition) is 4. The molecule has 0 aliphatic carbocycles. The van der Waals surface area contributed by atoms with Crippen LogP contribution in [0, 0.1) is 0 Å². The maximum absolute atomic E-state index is 13.1. The third kappa shape index (κ3) is 3.33. The van der Waals surface area contributed by atoms with E-state index in [0.29, 0.717) is 29.1 Å². The van der Waals surface area contributed by atoms with Gasteiger partial charge in [-0.15, -0.1) is 0 Å². The number of rotatable bonds is 4. The van der Waals surface area contributed by atoms with Gasteiger partial charge in [0.1, 0.15) is 5.69 Å². The van der Waals surface area contributed by atoms with E-state index in [2.05, 4.69) is 10.3 Å². The molecule has 0 bridgehead atoms. The van der Waals surface area contributed by atoms with E-state index in [4.69, 9.17) is 4.42 Å². The second-order valence-corrected chi connectivity index (χ2v) is 7.20. The van der Waals surface area contributed by atoms with Crippen molar-refractivity contribution in [2.24, 2.45) is 0 Å². The van der Waals surface area contributed by atoms with Gasteiger partial charge in [-0.3, -0.25) is 9.59 Å². The summed E-state index contributed by atoms with van der Waals surface area (Å²) in [5.41, 5.74) is 3.36. The molecule has 4 aromatic rings. The number of pyridine rings is 1. The standard InChI is InChI=1S/C24H19N3O3/c28-23-8-3-13-27(23)17-11-9-16(10-12-17)25-24(29)19-15-21(22-7-4-14-30-22)26-20-6-2-1-5-18(19)20/h1-2,4-7,9-12,14-15H,3,8,13H2,(H,25,29). The van der Waals surface area contributed by atoms with Crippen LogP contribution in [0.1, 0.15) is 23.2 Å². The Bertz CT molecular complexity index is 1230. The number of aromatic nitrogens is 1. The maximum atomic E-state index is 13.1. The van der Waals surface area contributed by atoms with Crippen molar-refractivity contribution in [3.05, 3.63) is 78.6 Å². The predicted octanol–water partition coefficient (Wildman–Crippen LogP) is 4.87. The van der Waals surface area contributed by atoms with Crippen LogP contribution in [-0.4, -0.2) is 23.3 Å². The number of hydrogen-bond donors (Lipinski definition) is 1. The molecule has 1 aliphatic rings. The predicted molar refractivity (Wildman–Crippen MR) is 115 cm³/mol. The lowest BCUT2D eigenvalue weighted by Crippen LogP contribution is -2.23. The van der Waals surface area contributed by atoms with Gasteiger partial charge in [0, 0.05) is 29.7 Å². The van der Waals surface area contributed by atoms with Crippen molar-refractivity contribution in [2.75, 3.05) is 16.8 Å². The topological polar surface area (TPSA) is 75.4 Å². The molecule has 6 nitrogen and oxygen atoms in total. The Morgan fingerprint density at radius 1 is 1.03 bits per heavy atom. The zero-order valence-corrected chi connectivity index (χ0v) is 16.2. The highest BCUT2D eigenvalue weighted by atomic mass is 16.3. The van der Waals surface area contributed by atoms with Crippen LogP contribution in [-0.2, 0) is 4.79 Å². The molecule has 5 rings (SSSR count). The molecule has 0 spiro atoms. The van der Waals surface area contributed by atoms with Crippen LogP contribution >= 0.6 is 0 Å². The van der Waals surface area contributed by atoms with Gasteiger partial charge >= 0.3 is 0 Å². The minimum Gasteiger partial charge on any atom is -0.463 e. The van der Waals surface area contributed by atoms with E-state index in [1.807, 2.05) is 54.6 Å². The summed E-state index contributed by atoms with van der Waals surface area (Å²) in [6, 6.07) is 20.2. The lowest BCUT2D eigenvalue weighted by atomic mass is 10.1. The first-order valence-electron chi connectivity index (χ1n) is 9.84. The quantitative estimate of drug-likeness (QED) is 0.533. The van der Waals surface area contributed by atoms with Gasteiger partial charge in [0.25, 0.3) is 5.91 Å². The Morgan fingerprint density at radius 2 is 1.87 bits per heavy atom. The first kappa shape index (κ1) is 18.1. The number of nitrogens with zero attached hydrogens (tertiary/aromatic N) is 2. The maximum Gasteiger partial charge on any atom is 0.256 e. The first-order valence-corrected chi connectivity index (χ1v) is 9.84. The van der Waals surface area contributed by atoms with Crippen molar-refractivity contribution in [3.63, 3.8) is 0 Å². The molecule has 3 heterocycles. The van der Waals surface area contributed by atoms with Crippen LogP contribution in [0.3, 0.4) is 0 Å². The van der Waals surface area contributed by atoms with E-state index in [9.17, 15) is 9.59 Å². The minimum atomic E-state index is -0.230. The van der Waals surface area contributed by atoms with Gasteiger partial charge in [-0.05, 0) is 55.0 Å². The molecule has 148 valence electrons. The van der Waals surface area contributed by atoms with Gasteiger partial charge in [-0.25, -0.2) is 4.98 Å². The smallest absolute Gasteiger partial charge is 0.256 e. The molecule has 2 aromatic heterocycles. The van der Waals surface area contributed by atoms with E-state index >= 15 is 0 Å². The van der Waals surface area contributed by atoms with Crippen LogP contribution in [0.5, 0.6) is 0 Å². The van der Waals surface area contributed by atoms with E-state index in [1.54, 1.807) is 23.3 Å². The zero-order chi connectivity index (χ0) is 20.5. The molecule has 2 amide bonds. The largest absolute Gasteiger partial charge is 0.463 e. The summed E-state index contributed by atoms with van der Waals surface area (Å²) in [6.07, 6.45) is 3.05. The monoisotopic (exact) mass is 397 g/mol. The molecule has 0 atom stereocenters. The van der Waals surface area contributed by atoms with Gasteiger partial charge in [0.05, 0.1) is 17.3 Å². The number of benzene rings is 2. The molecule has 2 aromatic carbocycles. The Hall–Kier alpha value is -3.93. The molecule has 0 unspecified atom stereocenters. The Kier molecular flexibility index (Phi) is 4.52. The van der Waals surface area contributed by atoms with Gasteiger partial charge in [-0.1, -0.05) is 18.2 Å². The Balaban J connectivity index is 1.45. The molecule has 1 N–H and O–H groups in total. The number of amides is 2. The summed E-state index contributed by atoms with van der Waals surface area (Å²) < 4.78 is 5.47. The average molecular weight is 397 g/mol. The summed E-state index contributed by atoms with van der Waals surface area (Å²) in [5, 5.41) is 3.72. The highest BCUT2D eigenvalue weighted by Gasteiger charge is 2.21. The number of fused-ring (bicyclic) bond motifs is 1. The second-order valence-electron chi connectivity index (χ2n) is 7.20. The number of carbonyl (C=O) groups excluding carboxylic acids is 2. The van der Waals surface area contributed by atoms with Gasteiger partial charge in [-0.2, -0.15) is 0 Å². The molecule has 30 heavy (non-hydrogen) atoms. The van der Waals surface area contributed by atoms with Crippen LogP contribution in [0.25, 0.3) is 22.4 Å². The molecule has 0 saturated carbocycles. The van der Waals surface area contributed by atoms with E-state index in [1.165, 1.54) is 0 Å². The van der Waals surface area contributed by atoms with E-state index < -0.39 is 0 Å². The average Bonchev–Trinajstić information content (AvgIpc) is 3.45. The van der Waals surface area contributed by atoms with Crippen molar-refractivity contribution in [3.8, 4) is 11.5 Å².